The predicted octanol–water partition coefficient (Wildman–Crippen LogP) is 2.01. The highest BCUT2D eigenvalue weighted by molar-refractivity contribution is 5.94. The van der Waals surface area contributed by atoms with Crippen molar-refractivity contribution in [3.63, 3.8) is 0 Å². The van der Waals surface area contributed by atoms with E-state index in [9.17, 15) is 4.79 Å². The summed E-state index contributed by atoms with van der Waals surface area (Å²) in [6.45, 7) is 0. The van der Waals surface area contributed by atoms with Crippen LogP contribution in [0.2, 0.25) is 0 Å². The molecule has 2 aromatic heterocycles. The number of ether oxygens (including phenoxy) is 2. The Morgan fingerprint density at radius 3 is 2.42 bits per heavy atom. The van der Waals surface area contributed by atoms with E-state index in [1.807, 2.05) is 0 Å². The smallest absolute Gasteiger partial charge is 0.269 e. The zero-order chi connectivity index (χ0) is 18.4. The monoisotopic (exact) mass is 352 g/mol. The van der Waals surface area contributed by atoms with Crippen LogP contribution in [-0.2, 0) is 0 Å². The fourth-order valence-corrected chi connectivity index (χ4v) is 2.01. The molecule has 0 unspecified atom stereocenters. The molecule has 3 aromatic rings. The van der Waals surface area contributed by atoms with Gasteiger partial charge in [0.2, 0.25) is 5.88 Å². The fraction of sp³-hybridized carbons (Fsp3) is 0.0588. The van der Waals surface area contributed by atoms with E-state index in [4.69, 9.17) is 15.2 Å². The lowest BCUT2D eigenvalue weighted by Gasteiger charge is -2.12. The molecule has 0 fully saturated rings. The molecule has 3 rings (SSSR count). The van der Waals surface area contributed by atoms with E-state index in [-0.39, 0.29) is 23.3 Å². The third kappa shape index (κ3) is 3.96. The molecule has 132 valence electrons. The average Bonchev–Trinajstić information content (AvgIpc) is 2.69. The minimum Gasteiger partial charge on any atom is -0.497 e. The van der Waals surface area contributed by atoms with Crippen LogP contribution in [0.25, 0.3) is 0 Å². The molecule has 9 nitrogen and oxygen atoms in total. The first kappa shape index (κ1) is 17.0. The van der Waals surface area contributed by atoms with Gasteiger partial charge in [0, 0.05) is 18.0 Å². The zero-order valence-electron chi connectivity index (χ0n) is 13.8. The standard InChI is InChI=1S/C17H16N6O3/c1-25-12-2-4-13(5-3-12)26-17-14(18)15(20-10-21-17)22-23-16(24)11-6-8-19-9-7-11/h2-10H,18H2,1H3,(H,23,24)(H,20,21,22). The SMILES string of the molecule is COc1ccc(Oc2ncnc(NNC(=O)c3ccncc3)c2N)cc1. The third-order valence-corrected chi connectivity index (χ3v) is 3.36. The van der Waals surface area contributed by atoms with Crippen LogP contribution >= 0.6 is 0 Å². The molecule has 0 bridgehead atoms. The van der Waals surface area contributed by atoms with Gasteiger partial charge in [-0.15, -0.1) is 0 Å². The highest BCUT2D eigenvalue weighted by atomic mass is 16.5. The zero-order valence-corrected chi connectivity index (χ0v) is 13.8. The second-order valence-corrected chi connectivity index (χ2v) is 5.03. The Bertz CT molecular complexity index is 887. The summed E-state index contributed by atoms with van der Waals surface area (Å²) in [6.07, 6.45) is 4.32. The minimum absolute atomic E-state index is 0.151. The van der Waals surface area contributed by atoms with Crippen LogP contribution in [0.4, 0.5) is 11.5 Å². The van der Waals surface area contributed by atoms with Crippen molar-refractivity contribution in [2.45, 2.75) is 0 Å². The van der Waals surface area contributed by atoms with Gasteiger partial charge in [0.05, 0.1) is 7.11 Å². The Kier molecular flexibility index (Phi) is 5.08. The summed E-state index contributed by atoms with van der Waals surface area (Å²) in [4.78, 5) is 23.9. The molecular formula is C17H16N6O3. The van der Waals surface area contributed by atoms with Crippen LogP contribution in [0, 0.1) is 0 Å². The van der Waals surface area contributed by atoms with Gasteiger partial charge in [0.1, 0.15) is 23.5 Å². The first-order chi connectivity index (χ1) is 12.7. The summed E-state index contributed by atoms with van der Waals surface area (Å²) < 4.78 is 10.7. The van der Waals surface area contributed by atoms with Crippen molar-refractivity contribution in [1.82, 2.24) is 20.4 Å². The number of benzene rings is 1. The van der Waals surface area contributed by atoms with E-state index >= 15 is 0 Å². The first-order valence-electron chi connectivity index (χ1n) is 7.56. The highest BCUT2D eigenvalue weighted by Crippen LogP contribution is 2.29. The molecule has 0 spiro atoms. The van der Waals surface area contributed by atoms with Crippen molar-refractivity contribution < 1.29 is 14.3 Å². The minimum atomic E-state index is -0.358. The molecule has 0 radical (unpaired) electrons. The molecule has 2 heterocycles. The molecule has 26 heavy (non-hydrogen) atoms. The summed E-state index contributed by atoms with van der Waals surface area (Å²) in [5.74, 6) is 1.25. The largest absolute Gasteiger partial charge is 0.497 e. The number of hydrogen-bond acceptors (Lipinski definition) is 8. The van der Waals surface area contributed by atoms with Crippen LogP contribution in [0.3, 0.4) is 0 Å². The Hall–Kier alpha value is -3.88. The predicted molar refractivity (Wildman–Crippen MR) is 94.8 cm³/mol. The van der Waals surface area contributed by atoms with Crippen LogP contribution in [0.1, 0.15) is 10.4 Å². The molecule has 0 atom stereocenters. The van der Waals surface area contributed by atoms with Gasteiger partial charge in [-0.2, -0.15) is 4.98 Å². The number of nitrogens with two attached hydrogens (primary N) is 1. The van der Waals surface area contributed by atoms with Gasteiger partial charge in [-0.3, -0.25) is 20.6 Å². The van der Waals surface area contributed by atoms with Gasteiger partial charge < -0.3 is 15.2 Å². The Morgan fingerprint density at radius 2 is 1.73 bits per heavy atom. The lowest BCUT2D eigenvalue weighted by Crippen LogP contribution is -2.30. The molecule has 0 saturated heterocycles. The number of hydrazine groups is 1. The summed E-state index contributed by atoms with van der Waals surface area (Å²) in [6, 6.07) is 10.1. The first-order valence-corrected chi connectivity index (χ1v) is 7.56. The summed E-state index contributed by atoms with van der Waals surface area (Å²) in [7, 11) is 1.58. The number of carbonyl (C=O) groups excluding carboxylic acids is 1. The van der Waals surface area contributed by atoms with Crippen molar-refractivity contribution in [3.05, 3.63) is 60.7 Å². The molecule has 4 N–H and O–H groups in total. The second-order valence-electron chi connectivity index (χ2n) is 5.03. The van der Waals surface area contributed by atoms with Crippen molar-refractivity contribution in [2.24, 2.45) is 0 Å². The topological polar surface area (TPSA) is 124 Å². The number of hydrogen-bond donors (Lipinski definition) is 3. The Labute approximate surface area is 149 Å². The number of carbonyl (C=O) groups is 1. The van der Waals surface area contributed by atoms with Crippen LogP contribution in [0.15, 0.2) is 55.1 Å². The van der Waals surface area contributed by atoms with Gasteiger partial charge >= 0.3 is 0 Å². The number of methoxy groups -OCH3 is 1. The van der Waals surface area contributed by atoms with Crippen LogP contribution in [0.5, 0.6) is 17.4 Å². The fourth-order valence-electron chi connectivity index (χ4n) is 2.01. The summed E-state index contributed by atoms with van der Waals surface area (Å²) in [5.41, 5.74) is 11.8. The number of rotatable bonds is 6. The number of amides is 1. The van der Waals surface area contributed by atoms with Gasteiger partial charge in [0.15, 0.2) is 5.82 Å². The normalized spacial score (nSPS) is 10.0. The van der Waals surface area contributed by atoms with Crippen LogP contribution in [-0.4, -0.2) is 28.0 Å². The maximum atomic E-state index is 12.0. The highest BCUT2D eigenvalue weighted by Gasteiger charge is 2.12. The molecule has 1 aromatic carbocycles. The van der Waals surface area contributed by atoms with Gasteiger partial charge in [0.25, 0.3) is 5.91 Å². The van der Waals surface area contributed by atoms with Gasteiger partial charge in [-0.1, -0.05) is 0 Å². The van der Waals surface area contributed by atoms with E-state index in [1.54, 1.807) is 43.5 Å². The van der Waals surface area contributed by atoms with E-state index in [2.05, 4.69) is 25.8 Å². The molecule has 9 heteroatoms. The average molecular weight is 352 g/mol. The summed E-state index contributed by atoms with van der Waals surface area (Å²) >= 11 is 0. The van der Waals surface area contributed by atoms with E-state index in [0.29, 0.717) is 17.1 Å². The molecule has 0 aliphatic rings. The van der Waals surface area contributed by atoms with E-state index in [0.717, 1.165) is 0 Å². The van der Waals surface area contributed by atoms with E-state index in [1.165, 1.54) is 18.7 Å². The Morgan fingerprint density at radius 1 is 1.04 bits per heavy atom. The lowest BCUT2D eigenvalue weighted by molar-refractivity contribution is 0.0962. The van der Waals surface area contributed by atoms with Crippen molar-refractivity contribution in [3.8, 4) is 17.4 Å². The maximum absolute atomic E-state index is 12.0. The number of nitrogen functional groups attached to an aromatic ring is 1. The number of aromatic nitrogens is 3. The number of nitrogens with zero attached hydrogens (tertiary/aromatic N) is 3. The molecule has 0 aliphatic heterocycles. The van der Waals surface area contributed by atoms with E-state index < -0.39 is 0 Å². The molecule has 1 amide bonds. The maximum Gasteiger partial charge on any atom is 0.269 e. The number of nitrogens with one attached hydrogen (secondary N) is 2. The molecule has 0 aliphatic carbocycles. The summed E-state index contributed by atoms with van der Waals surface area (Å²) in [5, 5.41) is 0. The van der Waals surface area contributed by atoms with Crippen molar-refractivity contribution >= 4 is 17.4 Å². The van der Waals surface area contributed by atoms with Crippen molar-refractivity contribution in [2.75, 3.05) is 18.3 Å². The molecule has 0 saturated carbocycles. The number of pyridine rings is 1. The number of anilines is 2. The lowest BCUT2D eigenvalue weighted by atomic mass is 10.3. The molecular weight excluding hydrogens is 336 g/mol. The van der Waals surface area contributed by atoms with Crippen LogP contribution < -0.4 is 26.1 Å². The Balaban J connectivity index is 1.69. The quantitative estimate of drug-likeness (QED) is 0.576. The van der Waals surface area contributed by atoms with Gasteiger partial charge in [-0.05, 0) is 36.4 Å². The third-order valence-electron chi connectivity index (χ3n) is 3.36. The second kappa shape index (κ2) is 7.79. The van der Waals surface area contributed by atoms with Gasteiger partial charge in [-0.25, -0.2) is 4.98 Å². The van der Waals surface area contributed by atoms with Crippen molar-refractivity contribution in [1.29, 1.82) is 0 Å².